The molecule has 0 aromatic rings. The third kappa shape index (κ3) is 2.61. The van der Waals surface area contributed by atoms with Gasteiger partial charge in [0.25, 0.3) is 0 Å². The lowest BCUT2D eigenvalue weighted by molar-refractivity contribution is -0.116. The number of hydrogen-bond donors (Lipinski definition) is 0. The molecule has 0 heterocycles. The van der Waals surface area contributed by atoms with Crippen LogP contribution in [0.25, 0.3) is 0 Å². The molecular weight excluding hydrogens is 152 g/mol. The Morgan fingerprint density at radius 2 is 1.92 bits per heavy atom. The quantitative estimate of drug-likeness (QED) is 0.597. The monoisotopic (exact) mass is 166 g/mol. The second-order valence-electron chi connectivity index (χ2n) is 3.25. The summed E-state index contributed by atoms with van der Waals surface area (Å²) >= 11 is 0. The molecule has 0 atom stereocenters. The van der Waals surface area contributed by atoms with Crippen molar-refractivity contribution in [1.82, 2.24) is 0 Å². The Balaban J connectivity index is 2.72. The van der Waals surface area contributed by atoms with Gasteiger partial charge < -0.3 is 0 Å². The highest BCUT2D eigenvalue weighted by atomic mass is 16.1. The molecule has 0 aromatic heterocycles. The SMILES string of the molecule is CC(=O)/C1=C/C(=O)CCCCC1. The fourth-order valence-corrected chi connectivity index (χ4v) is 1.41. The number of rotatable bonds is 1. The minimum absolute atomic E-state index is 0.0465. The van der Waals surface area contributed by atoms with Gasteiger partial charge >= 0.3 is 0 Å². The molecule has 0 bridgehead atoms. The van der Waals surface area contributed by atoms with Crippen molar-refractivity contribution < 1.29 is 9.59 Å². The van der Waals surface area contributed by atoms with Crippen LogP contribution in [-0.4, -0.2) is 11.6 Å². The summed E-state index contributed by atoms with van der Waals surface area (Å²) in [5.41, 5.74) is 0.708. The van der Waals surface area contributed by atoms with Crippen molar-refractivity contribution in [2.24, 2.45) is 0 Å². The minimum Gasteiger partial charge on any atom is -0.295 e. The van der Waals surface area contributed by atoms with E-state index in [1.807, 2.05) is 0 Å². The first kappa shape index (κ1) is 9.17. The molecule has 0 saturated carbocycles. The largest absolute Gasteiger partial charge is 0.295 e. The second-order valence-corrected chi connectivity index (χ2v) is 3.25. The van der Waals surface area contributed by atoms with Gasteiger partial charge in [0, 0.05) is 6.42 Å². The van der Waals surface area contributed by atoms with Crippen LogP contribution in [-0.2, 0) is 9.59 Å². The average Bonchev–Trinajstić information content (AvgIpc) is 1.95. The van der Waals surface area contributed by atoms with E-state index in [0.29, 0.717) is 12.0 Å². The van der Waals surface area contributed by atoms with Gasteiger partial charge in [0.2, 0.25) is 0 Å². The van der Waals surface area contributed by atoms with E-state index >= 15 is 0 Å². The van der Waals surface area contributed by atoms with Crippen LogP contribution in [0.1, 0.15) is 39.0 Å². The van der Waals surface area contributed by atoms with Crippen LogP contribution in [0.3, 0.4) is 0 Å². The summed E-state index contributed by atoms with van der Waals surface area (Å²) in [4.78, 5) is 22.1. The van der Waals surface area contributed by atoms with E-state index in [2.05, 4.69) is 0 Å². The zero-order valence-corrected chi connectivity index (χ0v) is 7.43. The van der Waals surface area contributed by atoms with Crippen molar-refractivity contribution in [3.8, 4) is 0 Å². The lowest BCUT2D eigenvalue weighted by Gasteiger charge is -2.07. The highest BCUT2D eigenvalue weighted by Crippen LogP contribution is 2.15. The average molecular weight is 166 g/mol. The van der Waals surface area contributed by atoms with Crippen molar-refractivity contribution in [2.45, 2.75) is 39.0 Å². The Bertz CT molecular complexity index is 226. The predicted octanol–water partition coefficient (Wildman–Crippen LogP) is 2.04. The van der Waals surface area contributed by atoms with Gasteiger partial charge in [-0.1, -0.05) is 6.42 Å². The summed E-state index contributed by atoms with van der Waals surface area (Å²) in [6.07, 6.45) is 5.99. The van der Waals surface area contributed by atoms with Gasteiger partial charge in [-0.25, -0.2) is 0 Å². The number of carbonyl (C=O) groups is 2. The summed E-state index contributed by atoms with van der Waals surface area (Å²) in [6, 6.07) is 0. The lowest BCUT2D eigenvalue weighted by Crippen LogP contribution is -2.04. The standard InChI is InChI=1S/C10H14O2/c1-8(11)9-5-3-2-4-6-10(12)7-9/h7H,2-6H2,1H3/b9-7+. The third-order valence-electron chi connectivity index (χ3n) is 2.16. The van der Waals surface area contributed by atoms with Crippen molar-refractivity contribution >= 4 is 11.6 Å². The zero-order chi connectivity index (χ0) is 8.97. The van der Waals surface area contributed by atoms with Gasteiger partial charge in [-0.15, -0.1) is 0 Å². The van der Waals surface area contributed by atoms with Crippen LogP contribution in [0.2, 0.25) is 0 Å². The third-order valence-corrected chi connectivity index (χ3v) is 2.16. The number of ketones is 2. The van der Waals surface area contributed by atoms with E-state index < -0.39 is 0 Å². The fourth-order valence-electron chi connectivity index (χ4n) is 1.41. The summed E-state index contributed by atoms with van der Waals surface area (Å²) in [5, 5.41) is 0. The molecule has 0 N–H and O–H groups in total. The number of allylic oxidation sites excluding steroid dienone is 2. The smallest absolute Gasteiger partial charge is 0.156 e. The highest BCUT2D eigenvalue weighted by molar-refractivity contribution is 6.01. The Hall–Kier alpha value is -0.920. The molecule has 2 heteroatoms. The van der Waals surface area contributed by atoms with Gasteiger partial charge in [0.05, 0.1) is 0 Å². The van der Waals surface area contributed by atoms with E-state index in [-0.39, 0.29) is 11.6 Å². The van der Waals surface area contributed by atoms with Gasteiger partial charge in [0.15, 0.2) is 11.6 Å². The molecule has 0 aromatic carbocycles. The zero-order valence-electron chi connectivity index (χ0n) is 7.43. The Kier molecular flexibility index (Phi) is 3.20. The predicted molar refractivity (Wildman–Crippen MR) is 46.9 cm³/mol. The van der Waals surface area contributed by atoms with E-state index in [1.165, 1.54) is 13.0 Å². The minimum atomic E-state index is 0.0465. The molecule has 1 aliphatic carbocycles. The molecule has 0 saturated heterocycles. The van der Waals surface area contributed by atoms with Crippen molar-refractivity contribution in [3.05, 3.63) is 11.6 Å². The fraction of sp³-hybridized carbons (Fsp3) is 0.600. The molecule has 1 rings (SSSR count). The van der Waals surface area contributed by atoms with E-state index in [9.17, 15) is 9.59 Å². The van der Waals surface area contributed by atoms with Crippen molar-refractivity contribution in [1.29, 1.82) is 0 Å². The Morgan fingerprint density at radius 3 is 2.58 bits per heavy atom. The van der Waals surface area contributed by atoms with Gasteiger partial charge in [-0.2, -0.15) is 0 Å². The first-order valence-corrected chi connectivity index (χ1v) is 4.44. The summed E-state index contributed by atoms with van der Waals surface area (Å²) in [6.45, 7) is 1.53. The number of carbonyl (C=O) groups excluding carboxylic acids is 2. The van der Waals surface area contributed by atoms with Crippen LogP contribution < -0.4 is 0 Å². The molecule has 1 aliphatic rings. The maximum Gasteiger partial charge on any atom is 0.156 e. The summed E-state index contributed by atoms with van der Waals surface area (Å²) in [7, 11) is 0. The van der Waals surface area contributed by atoms with Gasteiger partial charge in [-0.05, 0) is 37.8 Å². The number of hydrogen-bond acceptors (Lipinski definition) is 2. The first-order chi connectivity index (χ1) is 5.70. The van der Waals surface area contributed by atoms with E-state index in [4.69, 9.17) is 0 Å². The molecule has 0 radical (unpaired) electrons. The van der Waals surface area contributed by atoms with Gasteiger partial charge in [-0.3, -0.25) is 9.59 Å². The molecule has 66 valence electrons. The second kappa shape index (κ2) is 4.19. The maximum absolute atomic E-state index is 11.1. The van der Waals surface area contributed by atoms with Crippen LogP contribution in [0, 0.1) is 0 Å². The van der Waals surface area contributed by atoms with Crippen molar-refractivity contribution in [2.75, 3.05) is 0 Å². The van der Waals surface area contributed by atoms with Crippen molar-refractivity contribution in [3.63, 3.8) is 0 Å². The Morgan fingerprint density at radius 1 is 1.25 bits per heavy atom. The molecule has 0 fully saturated rings. The highest BCUT2D eigenvalue weighted by Gasteiger charge is 2.09. The van der Waals surface area contributed by atoms with Gasteiger partial charge in [0.1, 0.15) is 0 Å². The topological polar surface area (TPSA) is 34.1 Å². The summed E-state index contributed by atoms with van der Waals surface area (Å²) in [5.74, 6) is 0.158. The molecule has 0 amide bonds. The maximum atomic E-state index is 11.1. The Labute approximate surface area is 72.7 Å². The van der Waals surface area contributed by atoms with E-state index in [0.717, 1.165) is 25.7 Å². The molecule has 12 heavy (non-hydrogen) atoms. The molecule has 0 unspecified atom stereocenters. The van der Waals surface area contributed by atoms with Crippen LogP contribution in [0.4, 0.5) is 0 Å². The van der Waals surface area contributed by atoms with E-state index in [1.54, 1.807) is 0 Å². The summed E-state index contributed by atoms with van der Waals surface area (Å²) < 4.78 is 0. The molecule has 0 aliphatic heterocycles. The lowest BCUT2D eigenvalue weighted by atomic mass is 9.97. The van der Waals surface area contributed by atoms with Crippen LogP contribution in [0.15, 0.2) is 11.6 Å². The first-order valence-electron chi connectivity index (χ1n) is 4.44. The number of Topliss-reactive ketones (excluding diaryl/α,β-unsaturated/α-hetero) is 1. The molecule has 0 spiro atoms. The molecule has 2 nitrogen and oxygen atoms in total. The molecular formula is C10H14O2. The normalized spacial score (nSPS) is 23.8. The van der Waals surface area contributed by atoms with Crippen LogP contribution in [0.5, 0.6) is 0 Å². The van der Waals surface area contributed by atoms with Crippen LogP contribution >= 0.6 is 0 Å².